The van der Waals surface area contributed by atoms with Crippen LogP contribution in [-0.2, 0) is 6.54 Å². The second kappa shape index (κ2) is 5.97. The molecule has 1 aliphatic heterocycles. The van der Waals surface area contributed by atoms with Crippen molar-refractivity contribution in [2.45, 2.75) is 46.1 Å². The quantitative estimate of drug-likeness (QED) is 0.862. The van der Waals surface area contributed by atoms with Crippen molar-refractivity contribution >= 4 is 0 Å². The van der Waals surface area contributed by atoms with Crippen molar-refractivity contribution in [1.82, 2.24) is 24.8 Å². The van der Waals surface area contributed by atoms with Crippen LogP contribution in [0.3, 0.4) is 0 Å². The Balaban J connectivity index is 1.49. The van der Waals surface area contributed by atoms with E-state index in [0.717, 1.165) is 56.4 Å². The molecule has 6 nitrogen and oxygen atoms in total. The van der Waals surface area contributed by atoms with Crippen molar-refractivity contribution in [3.63, 3.8) is 0 Å². The number of hydrogen-bond donors (Lipinski definition) is 0. The maximum absolute atomic E-state index is 5.29. The molecule has 0 amide bonds. The van der Waals surface area contributed by atoms with E-state index in [1.54, 1.807) is 0 Å². The third-order valence-corrected chi connectivity index (χ3v) is 4.21. The van der Waals surface area contributed by atoms with E-state index in [9.17, 15) is 0 Å². The highest BCUT2D eigenvalue weighted by Crippen LogP contribution is 2.26. The summed E-state index contributed by atoms with van der Waals surface area (Å²) in [7, 11) is 0. The van der Waals surface area contributed by atoms with Crippen LogP contribution in [-0.4, -0.2) is 44.5 Å². The smallest absolute Gasteiger partial charge is 0.229 e. The topological polar surface area (TPSA) is 60.0 Å². The lowest BCUT2D eigenvalue weighted by Gasteiger charge is -2.30. The molecule has 0 radical (unpaired) electrons. The van der Waals surface area contributed by atoms with E-state index in [-0.39, 0.29) is 0 Å². The lowest BCUT2D eigenvalue weighted by atomic mass is 9.97. The van der Waals surface area contributed by atoms with Gasteiger partial charge in [0.15, 0.2) is 5.82 Å². The summed E-state index contributed by atoms with van der Waals surface area (Å²) in [6.07, 6.45) is 2.19. The molecular formula is C15H23N5O. The summed E-state index contributed by atoms with van der Waals surface area (Å²) in [5, 5.41) is 8.40. The standard InChI is InChI=1S/C15H23N5O/c1-11-10-12(2)20(17-11)9-8-19-6-4-14(5-7-19)15-16-13(3)18-21-15/h10,14H,4-9H2,1-3H3. The van der Waals surface area contributed by atoms with Crippen molar-refractivity contribution < 1.29 is 4.52 Å². The van der Waals surface area contributed by atoms with Gasteiger partial charge in [-0.05, 0) is 52.8 Å². The third-order valence-electron chi connectivity index (χ3n) is 4.21. The van der Waals surface area contributed by atoms with E-state index in [1.807, 2.05) is 13.8 Å². The van der Waals surface area contributed by atoms with Crippen LogP contribution < -0.4 is 0 Å². The van der Waals surface area contributed by atoms with Gasteiger partial charge in [-0.3, -0.25) is 4.68 Å². The first-order valence-corrected chi connectivity index (χ1v) is 7.65. The van der Waals surface area contributed by atoms with E-state index in [0.29, 0.717) is 5.92 Å². The Morgan fingerprint density at radius 3 is 2.52 bits per heavy atom. The Hall–Kier alpha value is -1.69. The summed E-state index contributed by atoms with van der Waals surface area (Å²) in [6, 6.07) is 2.13. The maximum Gasteiger partial charge on any atom is 0.229 e. The van der Waals surface area contributed by atoms with Crippen LogP contribution in [0, 0.1) is 20.8 Å². The molecule has 1 saturated heterocycles. The molecule has 114 valence electrons. The van der Waals surface area contributed by atoms with Crippen molar-refractivity contribution in [2.24, 2.45) is 0 Å². The molecule has 3 rings (SSSR count). The lowest BCUT2D eigenvalue weighted by molar-refractivity contribution is 0.186. The van der Waals surface area contributed by atoms with Crippen LogP contribution in [0.5, 0.6) is 0 Å². The number of aromatic nitrogens is 4. The minimum Gasteiger partial charge on any atom is -0.339 e. The first kappa shape index (κ1) is 14.3. The average Bonchev–Trinajstić information content (AvgIpc) is 3.03. The predicted octanol–water partition coefficient (Wildman–Crippen LogP) is 2.07. The Kier molecular flexibility index (Phi) is 4.05. The van der Waals surface area contributed by atoms with E-state index >= 15 is 0 Å². The number of aryl methyl sites for hydroxylation is 3. The van der Waals surface area contributed by atoms with Gasteiger partial charge in [-0.25, -0.2) is 0 Å². The van der Waals surface area contributed by atoms with Gasteiger partial charge in [-0.1, -0.05) is 5.16 Å². The van der Waals surface area contributed by atoms with Gasteiger partial charge in [-0.15, -0.1) is 0 Å². The van der Waals surface area contributed by atoms with Gasteiger partial charge in [-0.2, -0.15) is 10.1 Å². The number of piperidine rings is 1. The summed E-state index contributed by atoms with van der Waals surface area (Å²) in [5.41, 5.74) is 2.33. The number of rotatable bonds is 4. The zero-order chi connectivity index (χ0) is 14.8. The van der Waals surface area contributed by atoms with E-state index < -0.39 is 0 Å². The zero-order valence-corrected chi connectivity index (χ0v) is 13.0. The fourth-order valence-corrected chi connectivity index (χ4v) is 3.02. The van der Waals surface area contributed by atoms with Crippen molar-refractivity contribution in [2.75, 3.05) is 19.6 Å². The molecule has 2 aromatic heterocycles. The number of hydrogen-bond acceptors (Lipinski definition) is 5. The molecule has 0 atom stereocenters. The fourth-order valence-electron chi connectivity index (χ4n) is 3.02. The van der Waals surface area contributed by atoms with Crippen LogP contribution in [0.25, 0.3) is 0 Å². The van der Waals surface area contributed by atoms with Crippen molar-refractivity contribution in [3.8, 4) is 0 Å². The molecule has 0 bridgehead atoms. The highest BCUT2D eigenvalue weighted by molar-refractivity contribution is 5.06. The maximum atomic E-state index is 5.29. The van der Waals surface area contributed by atoms with Crippen LogP contribution in [0.15, 0.2) is 10.6 Å². The van der Waals surface area contributed by atoms with Gasteiger partial charge in [0.2, 0.25) is 5.89 Å². The summed E-state index contributed by atoms with van der Waals surface area (Å²) in [6.45, 7) is 10.2. The second-order valence-corrected chi connectivity index (χ2v) is 5.95. The molecule has 2 aromatic rings. The Morgan fingerprint density at radius 2 is 1.95 bits per heavy atom. The van der Waals surface area contributed by atoms with Crippen LogP contribution in [0.2, 0.25) is 0 Å². The largest absolute Gasteiger partial charge is 0.339 e. The van der Waals surface area contributed by atoms with Crippen LogP contribution >= 0.6 is 0 Å². The zero-order valence-electron chi connectivity index (χ0n) is 13.0. The van der Waals surface area contributed by atoms with Crippen LogP contribution in [0.4, 0.5) is 0 Å². The molecule has 1 aliphatic rings. The minimum atomic E-state index is 0.427. The van der Waals surface area contributed by atoms with Crippen LogP contribution in [0.1, 0.15) is 41.9 Å². The minimum absolute atomic E-state index is 0.427. The van der Waals surface area contributed by atoms with E-state index in [2.05, 4.69) is 37.8 Å². The monoisotopic (exact) mass is 289 g/mol. The molecule has 0 N–H and O–H groups in total. The average molecular weight is 289 g/mol. The summed E-state index contributed by atoms with van der Waals surface area (Å²) >= 11 is 0. The first-order chi connectivity index (χ1) is 10.1. The van der Waals surface area contributed by atoms with Gasteiger partial charge >= 0.3 is 0 Å². The Bertz CT molecular complexity index is 595. The van der Waals surface area contributed by atoms with Gasteiger partial charge in [0.25, 0.3) is 0 Å². The normalized spacial score (nSPS) is 17.5. The Labute approximate surface area is 125 Å². The molecule has 0 aliphatic carbocycles. The first-order valence-electron chi connectivity index (χ1n) is 7.65. The second-order valence-electron chi connectivity index (χ2n) is 5.95. The Morgan fingerprint density at radius 1 is 1.19 bits per heavy atom. The van der Waals surface area contributed by atoms with Gasteiger partial charge in [0.05, 0.1) is 12.2 Å². The fraction of sp³-hybridized carbons (Fsp3) is 0.667. The summed E-state index contributed by atoms with van der Waals surface area (Å²) < 4.78 is 7.39. The SMILES string of the molecule is Cc1cc(C)n(CCN2CCC(c3nc(C)no3)CC2)n1. The highest BCUT2D eigenvalue weighted by atomic mass is 16.5. The molecule has 0 unspecified atom stereocenters. The van der Waals surface area contributed by atoms with Crippen molar-refractivity contribution in [3.05, 3.63) is 29.2 Å². The molecule has 3 heterocycles. The molecular weight excluding hydrogens is 266 g/mol. The molecule has 1 fully saturated rings. The number of nitrogens with zero attached hydrogens (tertiary/aromatic N) is 5. The van der Waals surface area contributed by atoms with E-state index in [1.165, 1.54) is 5.69 Å². The third kappa shape index (κ3) is 3.32. The molecule has 21 heavy (non-hydrogen) atoms. The molecule has 6 heteroatoms. The lowest BCUT2D eigenvalue weighted by Crippen LogP contribution is -2.35. The van der Waals surface area contributed by atoms with Gasteiger partial charge in [0, 0.05) is 18.2 Å². The number of likely N-dealkylation sites (tertiary alicyclic amines) is 1. The summed E-state index contributed by atoms with van der Waals surface area (Å²) in [4.78, 5) is 6.85. The van der Waals surface area contributed by atoms with E-state index in [4.69, 9.17) is 4.52 Å². The molecule has 0 aromatic carbocycles. The highest BCUT2D eigenvalue weighted by Gasteiger charge is 2.24. The van der Waals surface area contributed by atoms with Gasteiger partial charge < -0.3 is 9.42 Å². The predicted molar refractivity (Wildman–Crippen MR) is 79.2 cm³/mol. The molecule has 0 saturated carbocycles. The molecule has 0 spiro atoms. The van der Waals surface area contributed by atoms with Gasteiger partial charge in [0.1, 0.15) is 0 Å². The van der Waals surface area contributed by atoms with Crippen molar-refractivity contribution in [1.29, 1.82) is 0 Å². The summed E-state index contributed by atoms with van der Waals surface area (Å²) in [5.74, 6) is 1.97.